The summed E-state index contributed by atoms with van der Waals surface area (Å²) in [5, 5.41) is 9.23. The standard InChI is InChI=1S/C10H14N2O4S/c11-9-5-8(1-2-10(9)13)17(14,15)12-7-3-4-16-6-7/h1-2,5,7,12-13H,3-4,6,11H2. The van der Waals surface area contributed by atoms with E-state index in [0.29, 0.717) is 19.6 Å². The van der Waals surface area contributed by atoms with E-state index in [2.05, 4.69) is 4.72 Å². The van der Waals surface area contributed by atoms with E-state index in [9.17, 15) is 13.5 Å². The SMILES string of the molecule is Nc1cc(S(=O)(=O)NC2CCOC2)ccc1O. The lowest BCUT2D eigenvalue weighted by Gasteiger charge is -2.12. The number of phenolic OH excluding ortho intramolecular Hbond substituents is 1. The molecule has 1 aromatic carbocycles. The highest BCUT2D eigenvalue weighted by Crippen LogP contribution is 2.23. The van der Waals surface area contributed by atoms with Crippen molar-refractivity contribution < 1.29 is 18.3 Å². The maximum absolute atomic E-state index is 11.9. The molecule has 1 saturated heterocycles. The summed E-state index contributed by atoms with van der Waals surface area (Å²) in [6, 6.07) is 3.60. The molecular formula is C10H14N2O4S. The van der Waals surface area contributed by atoms with Crippen molar-refractivity contribution in [1.82, 2.24) is 4.72 Å². The van der Waals surface area contributed by atoms with Crippen LogP contribution in [0.4, 0.5) is 5.69 Å². The summed E-state index contributed by atoms with van der Waals surface area (Å²) in [5.74, 6) is -0.131. The number of rotatable bonds is 3. The Morgan fingerprint density at radius 2 is 2.24 bits per heavy atom. The second-order valence-corrected chi connectivity index (χ2v) is 5.62. The van der Waals surface area contributed by atoms with Crippen LogP contribution in [-0.2, 0) is 14.8 Å². The predicted octanol–water partition coefficient (Wildman–Crippen LogP) is 0.0416. The molecule has 17 heavy (non-hydrogen) atoms. The third-order valence-electron chi connectivity index (χ3n) is 2.56. The fraction of sp³-hybridized carbons (Fsp3) is 0.400. The van der Waals surface area contributed by atoms with Crippen molar-refractivity contribution in [2.75, 3.05) is 18.9 Å². The number of nitrogens with one attached hydrogen (secondary N) is 1. The molecular weight excluding hydrogens is 244 g/mol. The van der Waals surface area contributed by atoms with Gasteiger partial charge < -0.3 is 15.6 Å². The van der Waals surface area contributed by atoms with E-state index < -0.39 is 10.0 Å². The molecule has 4 N–H and O–H groups in total. The molecule has 0 radical (unpaired) electrons. The summed E-state index contributed by atoms with van der Waals surface area (Å²) in [6.45, 7) is 0.942. The summed E-state index contributed by atoms with van der Waals surface area (Å²) in [6.07, 6.45) is 0.660. The highest BCUT2D eigenvalue weighted by Gasteiger charge is 2.23. The molecule has 1 aliphatic heterocycles. The quantitative estimate of drug-likeness (QED) is 0.525. The van der Waals surface area contributed by atoms with Gasteiger partial charge in [-0.1, -0.05) is 0 Å². The number of ether oxygens (including phenoxy) is 1. The second-order valence-electron chi connectivity index (χ2n) is 3.90. The molecule has 0 bridgehead atoms. The summed E-state index contributed by atoms with van der Waals surface area (Å²) < 4.78 is 31.5. The number of hydrogen-bond donors (Lipinski definition) is 3. The van der Waals surface area contributed by atoms with Crippen molar-refractivity contribution in [3.8, 4) is 5.75 Å². The van der Waals surface area contributed by atoms with E-state index in [-0.39, 0.29) is 22.4 Å². The van der Waals surface area contributed by atoms with Crippen LogP contribution < -0.4 is 10.5 Å². The Morgan fingerprint density at radius 1 is 1.47 bits per heavy atom. The first-order valence-corrected chi connectivity index (χ1v) is 6.66. The van der Waals surface area contributed by atoms with Crippen molar-refractivity contribution >= 4 is 15.7 Å². The molecule has 6 nitrogen and oxygen atoms in total. The van der Waals surface area contributed by atoms with Gasteiger partial charge in [0.15, 0.2) is 0 Å². The van der Waals surface area contributed by atoms with Crippen LogP contribution in [0.2, 0.25) is 0 Å². The molecule has 1 aromatic rings. The molecule has 0 amide bonds. The van der Waals surface area contributed by atoms with Gasteiger partial charge >= 0.3 is 0 Å². The zero-order chi connectivity index (χ0) is 12.5. The van der Waals surface area contributed by atoms with Crippen LogP contribution in [0.15, 0.2) is 23.1 Å². The highest BCUT2D eigenvalue weighted by molar-refractivity contribution is 7.89. The first-order chi connectivity index (χ1) is 7.99. The predicted molar refractivity (Wildman–Crippen MR) is 62.1 cm³/mol. The van der Waals surface area contributed by atoms with Crippen LogP contribution in [-0.4, -0.2) is 32.8 Å². The van der Waals surface area contributed by atoms with E-state index in [1.807, 2.05) is 0 Å². The first kappa shape index (κ1) is 12.2. The number of sulfonamides is 1. The normalized spacial score (nSPS) is 20.6. The number of benzene rings is 1. The maximum Gasteiger partial charge on any atom is 0.240 e. The lowest BCUT2D eigenvalue weighted by molar-refractivity contribution is 0.192. The van der Waals surface area contributed by atoms with Crippen LogP contribution in [0.25, 0.3) is 0 Å². The van der Waals surface area contributed by atoms with Crippen LogP contribution in [0.5, 0.6) is 5.75 Å². The zero-order valence-electron chi connectivity index (χ0n) is 9.09. The first-order valence-electron chi connectivity index (χ1n) is 5.17. The molecule has 7 heteroatoms. The Kier molecular flexibility index (Phi) is 3.23. The highest BCUT2D eigenvalue weighted by atomic mass is 32.2. The van der Waals surface area contributed by atoms with Crippen molar-refractivity contribution in [2.24, 2.45) is 0 Å². The fourth-order valence-electron chi connectivity index (χ4n) is 1.61. The van der Waals surface area contributed by atoms with Crippen molar-refractivity contribution in [3.63, 3.8) is 0 Å². The van der Waals surface area contributed by atoms with Crippen molar-refractivity contribution in [2.45, 2.75) is 17.4 Å². The van der Waals surface area contributed by atoms with E-state index in [1.165, 1.54) is 18.2 Å². The summed E-state index contributed by atoms with van der Waals surface area (Å²) in [7, 11) is -3.60. The van der Waals surface area contributed by atoms with Gasteiger partial charge in [-0.3, -0.25) is 0 Å². The largest absolute Gasteiger partial charge is 0.506 e. The molecule has 1 aliphatic rings. The summed E-state index contributed by atoms with van der Waals surface area (Å²) in [5.41, 5.74) is 5.50. The number of phenols is 1. The van der Waals surface area contributed by atoms with Gasteiger partial charge in [0, 0.05) is 12.6 Å². The number of aromatic hydroxyl groups is 1. The molecule has 94 valence electrons. The molecule has 0 spiro atoms. The third-order valence-corrected chi connectivity index (χ3v) is 4.08. The van der Waals surface area contributed by atoms with E-state index in [0.717, 1.165) is 0 Å². The molecule has 0 saturated carbocycles. The third kappa shape index (κ3) is 2.68. The summed E-state index contributed by atoms with van der Waals surface area (Å²) in [4.78, 5) is 0.0414. The Hall–Kier alpha value is -1.31. The summed E-state index contributed by atoms with van der Waals surface area (Å²) >= 11 is 0. The van der Waals surface area contributed by atoms with Crippen LogP contribution in [0.3, 0.4) is 0 Å². The van der Waals surface area contributed by atoms with Gasteiger partial charge in [-0.2, -0.15) is 0 Å². The smallest absolute Gasteiger partial charge is 0.240 e. The molecule has 1 atom stereocenters. The number of anilines is 1. The number of nitrogens with two attached hydrogens (primary N) is 1. The van der Waals surface area contributed by atoms with Gasteiger partial charge in [0.05, 0.1) is 17.2 Å². The van der Waals surface area contributed by atoms with Gasteiger partial charge in [0.2, 0.25) is 10.0 Å². The minimum Gasteiger partial charge on any atom is -0.506 e. The van der Waals surface area contributed by atoms with Crippen molar-refractivity contribution in [3.05, 3.63) is 18.2 Å². The van der Waals surface area contributed by atoms with E-state index in [1.54, 1.807) is 0 Å². The lowest BCUT2D eigenvalue weighted by Crippen LogP contribution is -2.35. The van der Waals surface area contributed by atoms with Crippen LogP contribution in [0.1, 0.15) is 6.42 Å². The molecule has 0 aliphatic carbocycles. The lowest BCUT2D eigenvalue weighted by atomic mass is 10.3. The topological polar surface area (TPSA) is 102 Å². The van der Waals surface area contributed by atoms with Crippen molar-refractivity contribution in [1.29, 1.82) is 0 Å². The molecule has 1 heterocycles. The Bertz CT molecular complexity index is 509. The molecule has 1 fully saturated rings. The number of hydrogen-bond acceptors (Lipinski definition) is 5. The fourth-order valence-corrected chi connectivity index (χ4v) is 2.90. The minimum absolute atomic E-state index is 0.0375. The van der Waals surface area contributed by atoms with Gasteiger partial charge in [0.25, 0.3) is 0 Å². The van der Waals surface area contributed by atoms with Gasteiger partial charge in [-0.05, 0) is 24.6 Å². The van der Waals surface area contributed by atoms with Crippen LogP contribution >= 0.6 is 0 Å². The molecule has 1 unspecified atom stereocenters. The van der Waals surface area contributed by atoms with Gasteiger partial charge in [-0.15, -0.1) is 0 Å². The second kappa shape index (κ2) is 4.52. The average Bonchev–Trinajstić information content (AvgIpc) is 2.73. The zero-order valence-corrected chi connectivity index (χ0v) is 9.90. The van der Waals surface area contributed by atoms with E-state index >= 15 is 0 Å². The maximum atomic E-state index is 11.9. The van der Waals surface area contributed by atoms with Crippen LogP contribution in [0, 0.1) is 0 Å². The molecule has 2 rings (SSSR count). The minimum atomic E-state index is -3.60. The number of nitrogen functional groups attached to an aromatic ring is 1. The Morgan fingerprint density at radius 3 is 2.82 bits per heavy atom. The van der Waals surface area contributed by atoms with Gasteiger partial charge in [-0.25, -0.2) is 13.1 Å². The Balaban J connectivity index is 2.21. The average molecular weight is 258 g/mol. The van der Waals surface area contributed by atoms with Gasteiger partial charge in [0.1, 0.15) is 5.75 Å². The monoisotopic (exact) mass is 258 g/mol. The van der Waals surface area contributed by atoms with E-state index in [4.69, 9.17) is 10.5 Å². The Labute approximate surface area is 99.4 Å². The molecule has 0 aromatic heterocycles.